The summed E-state index contributed by atoms with van der Waals surface area (Å²) in [6, 6.07) is 11.2. The number of phenolic OH excluding ortho intramolecular Hbond substituents is 1. The zero-order valence-corrected chi connectivity index (χ0v) is 17.7. The number of carboxylic acid groups (broad SMARTS) is 1. The van der Waals surface area contributed by atoms with Crippen LogP contribution < -0.4 is 0 Å². The highest BCUT2D eigenvalue weighted by molar-refractivity contribution is 5.74. The summed E-state index contributed by atoms with van der Waals surface area (Å²) in [5, 5.41) is 29.3. The van der Waals surface area contributed by atoms with Gasteiger partial charge in [0.15, 0.2) is 0 Å². The van der Waals surface area contributed by atoms with Crippen molar-refractivity contribution in [1.82, 2.24) is 15.0 Å². The van der Waals surface area contributed by atoms with Crippen LogP contribution in [0.1, 0.15) is 58.6 Å². The van der Waals surface area contributed by atoms with Crippen LogP contribution in [0.2, 0.25) is 0 Å². The number of aliphatic carboxylic acids is 1. The highest BCUT2D eigenvalue weighted by Crippen LogP contribution is 2.42. The first-order valence-electron chi connectivity index (χ1n) is 9.87. The molecule has 0 spiro atoms. The van der Waals surface area contributed by atoms with Crippen molar-refractivity contribution in [3.05, 3.63) is 47.5 Å². The van der Waals surface area contributed by atoms with Gasteiger partial charge in [-0.05, 0) is 47.4 Å². The van der Waals surface area contributed by atoms with Gasteiger partial charge in [0, 0.05) is 12.0 Å². The summed E-state index contributed by atoms with van der Waals surface area (Å²) >= 11 is 0. The third-order valence-corrected chi connectivity index (χ3v) is 4.98. The van der Waals surface area contributed by atoms with Crippen LogP contribution in [0.15, 0.2) is 36.4 Å². The third-order valence-electron chi connectivity index (χ3n) is 4.98. The summed E-state index contributed by atoms with van der Waals surface area (Å²) in [5.74, 6) is -0.711. The Labute approximate surface area is 171 Å². The Bertz CT molecular complexity index is 1010. The fourth-order valence-electron chi connectivity index (χ4n) is 4.13. The maximum Gasteiger partial charge on any atom is 0.303 e. The molecule has 0 unspecified atom stereocenters. The monoisotopic (exact) mass is 395 g/mol. The number of rotatable bonds is 6. The van der Waals surface area contributed by atoms with E-state index >= 15 is 0 Å². The molecular formula is C23H29N3O3. The molecule has 6 nitrogen and oxygen atoms in total. The smallest absolute Gasteiger partial charge is 0.303 e. The number of nitrogens with zero attached hydrogens (tertiary/aromatic N) is 3. The molecule has 0 saturated heterocycles. The van der Waals surface area contributed by atoms with Crippen LogP contribution in [-0.2, 0) is 16.6 Å². The van der Waals surface area contributed by atoms with E-state index in [1.54, 1.807) is 6.07 Å². The van der Waals surface area contributed by atoms with Crippen molar-refractivity contribution in [3.8, 4) is 11.4 Å². The molecule has 29 heavy (non-hydrogen) atoms. The molecule has 0 bridgehead atoms. The SMILES string of the molecule is CC(C)(C)CC(C)(C)c1cc(CCC(=O)O)cc(-n2nc3ccccc3n2)c1O. The van der Waals surface area contributed by atoms with E-state index in [4.69, 9.17) is 5.11 Å². The van der Waals surface area contributed by atoms with Gasteiger partial charge in [-0.15, -0.1) is 15.0 Å². The topological polar surface area (TPSA) is 88.2 Å². The van der Waals surface area contributed by atoms with Gasteiger partial charge in [-0.3, -0.25) is 4.79 Å². The second kappa shape index (κ2) is 7.50. The van der Waals surface area contributed by atoms with E-state index in [9.17, 15) is 9.90 Å². The number of carboxylic acids is 1. The van der Waals surface area contributed by atoms with Crippen molar-refractivity contribution in [2.75, 3.05) is 0 Å². The van der Waals surface area contributed by atoms with E-state index < -0.39 is 5.97 Å². The molecule has 0 aliphatic carbocycles. The van der Waals surface area contributed by atoms with Gasteiger partial charge in [-0.25, -0.2) is 0 Å². The van der Waals surface area contributed by atoms with Gasteiger partial charge in [-0.1, -0.05) is 52.8 Å². The van der Waals surface area contributed by atoms with Gasteiger partial charge < -0.3 is 10.2 Å². The minimum atomic E-state index is -0.849. The molecule has 0 radical (unpaired) electrons. The Hall–Kier alpha value is -2.89. The van der Waals surface area contributed by atoms with Crippen LogP contribution >= 0.6 is 0 Å². The van der Waals surface area contributed by atoms with E-state index in [2.05, 4.69) is 44.8 Å². The van der Waals surface area contributed by atoms with Crippen molar-refractivity contribution >= 4 is 17.0 Å². The van der Waals surface area contributed by atoms with E-state index in [0.717, 1.165) is 28.6 Å². The molecule has 2 N–H and O–H groups in total. The second-order valence-corrected chi connectivity index (χ2v) is 9.50. The summed E-state index contributed by atoms with van der Waals surface area (Å²) in [6.07, 6.45) is 1.25. The van der Waals surface area contributed by atoms with Crippen molar-refractivity contribution in [1.29, 1.82) is 0 Å². The summed E-state index contributed by atoms with van der Waals surface area (Å²) in [7, 11) is 0. The molecule has 2 aromatic carbocycles. The molecular weight excluding hydrogens is 366 g/mol. The highest BCUT2D eigenvalue weighted by Gasteiger charge is 2.31. The predicted octanol–water partition coefficient (Wildman–Crippen LogP) is 4.86. The first kappa shape index (κ1) is 20.8. The number of hydrogen-bond acceptors (Lipinski definition) is 4. The number of phenols is 1. The van der Waals surface area contributed by atoms with Crippen LogP contribution in [0, 0.1) is 5.41 Å². The van der Waals surface area contributed by atoms with Crippen LogP contribution in [0.4, 0.5) is 0 Å². The Kier molecular flexibility index (Phi) is 5.39. The molecule has 0 fully saturated rings. The van der Waals surface area contributed by atoms with Crippen molar-refractivity contribution in [2.24, 2.45) is 5.41 Å². The minimum absolute atomic E-state index is 0.0257. The van der Waals surface area contributed by atoms with Crippen LogP contribution in [-0.4, -0.2) is 31.2 Å². The summed E-state index contributed by atoms with van der Waals surface area (Å²) in [6.45, 7) is 10.7. The number of aryl methyl sites for hydroxylation is 1. The number of hydrogen-bond donors (Lipinski definition) is 2. The summed E-state index contributed by atoms with van der Waals surface area (Å²) < 4.78 is 0. The van der Waals surface area contributed by atoms with E-state index in [1.807, 2.05) is 30.3 Å². The molecule has 6 heteroatoms. The predicted molar refractivity (Wildman–Crippen MR) is 114 cm³/mol. The fraction of sp³-hybridized carbons (Fsp3) is 0.435. The Morgan fingerprint density at radius 2 is 1.62 bits per heavy atom. The third kappa shape index (κ3) is 4.75. The molecule has 0 saturated carbocycles. The van der Waals surface area contributed by atoms with Gasteiger partial charge in [0.2, 0.25) is 0 Å². The molecule has 0 aliphatic heterocycles. The van der Waals surface area contributed by atoms with Crippen molar-refractivity contribution in [3.63, 3.8) is 0 Å². The average Bonchev–Trinajstić information content (AvgIpc) is 3.02. The zero-order chi connectivity index (χ0) is 21.4. The number of aromatic hydroxyl groups is 1. The molecule has 154 valence electrons. The maximum atomic E-state index is 11.2. The van der Waals surface area contributed by atoms with E-state index in [-0.39, 0.29) is 23.0 Å². The highest BCUT2D eigenvalue weighted by atomic mass is 16.4. The van der Waals surface area contributed by atoms with Gasteiger partial charge in [0.25, 0.3) is 0 Å². The van der Waals surface area contributed by atoms with Gasteiger partial charge in [0.05, 0.1) is 0 Å². The number of aromatic nitrogens is 3. The maximum absolute atomic E-state index is 11.2. The molecule has 0 aliphatic rings. The lowest BCUT2D eigenvalue weighted by atomic mass is 9.71. The van der Waals surface area contributed by atoms with Crippen molar-refractivity contribution in [2.45, 2.75) is 59.3 Å². The lowest BCUT2D eigenvalue weighted by molar-refractivity contribution is -0.136. The van der Waals surface area contributed by atoms with Crippen molar-refractivity contribution < 1.29 is 15.0 Å². The second-order valence-electron chi connectivity index (χ2n) is 9.50. The minimum Gasteiger partial charge on any atom is -0.505 e. The van der Waals surface area contributed by atoms with Gasteiger partial charge >= 0.3 is 5.97 Å². The normalized spacial score (nSPS) is 12.4. The average molecular weight is 396 g/mol. The fourth-order valence-corrected chi connectivity index (χ4v) is 4.13. The van der Waals surface area contributed by atoms with Crippen LogP contribution in [0.5, 0.6) is 5.75 Å². The Morgan fingerprint density at radius 1 is 1.03 bits per heavy atom. The van der Waals surface area contributed by atoms with Gasteiger partial charge in [-0.2, -0.15) is 0 Å². The summed E-state index contributed by atoms with van der Waals surface area (Å²) in [5.41, 5.74) is 3.32. The lowest BCUT2D eigenvalue weighted by Gasteiger charge is -2.34. The van der Waals surface area contributed by atoms with Gasteiger partial charge in [0.1, 0.15) is 22.5 Å². The first-order valence-corrected chi connectivity index (χ1v) is 9.87. The van der Waals surface area contributed by atoms with Crippen LogP contribution in [0.25, 0.3) is 16.7 Å². The molecule has 3 rings (SSSR count). The number of carbonyl (C=O) groups is 1. The van der Waals surface area contributed by atoms with E-state index in [0.29, 0.717) is 12.1 Å². The number of fused-ring (bicyclic) bond motifs is 1. The number of benzene rings is 2. The molecule has 0 atom stereocenters. The molecule has 3 aromatic rings. The largest absolute Gasteiger partial charge is 0.505 e. The van der Waals surface area contributed by atoms with Crippen LogP contribution in [0.3, 0.4) is 0 Å². The Morgan fingerprint density at radius 3 is 2.14 bits per heavy atom. The molecule has 1 heterocycles. The standard InChI is InChI=1S/C23H29N3O3/c1-22(2,3)14-23(4,5)16-12-15(10-11-20(27)28)13-19(21(16)29)26-24-17-8-6-7-9-18(17)25-26/h6-9,12-13,29H,10-11,14H2,1-5H3,(H,27,28). The summed E-state index contributed by atoms with van der Waals surface area (Å²) in [4.78, 5) is 12.5. The van der Waals surface area contributed by atoms with E-state index in [1.165, 1.54) is 4.80 Å². The molecule has 0 amide bonds. The zero-order valence-electron chi connectivity index (χ0n) is 17.7. The molecule has 1 aromatic heterocycles. The Balaban J connectivity index is 2.16. The first-order chi connectivity index (χ1) is 13.5. The lowest BCUT2D eigenvalue weighted by Crippen LogP contribution is -2.25. The quantitative estimate of drug-likeness (QED) is 0.622.